The van der Waals surface area contributed by atoms with E-state index in [-0.39, 0.29) is 18.2 Å². The van der Waals surface area contributed by atoms with Crippen molar-refractivity contribution in [3.05, 3.63) is 60.4 Å². The monoisotopic (exact) mass is 283 g/mol. The lowest BCUT2D eigenvalue weighted by atomic mass is 10.2. The first kappa shape index (κ1) is 14.7. The fourth-order valence-corrected chi connectivity index (χ4v) is 1.82. The predicted octanol–water partition coefficient (Wildman–Crippen LogP) is 1.75. The van der Waals surface area contributed by atoms with E-state index in [0.29, 0.717) is 6.54 Å². The van der Waals surface area contributed by atoms with Gasteiger partial charge in [-0.25, -0.2) is 0 Å². The number of carbonyl (C=O) groups excluding carboxylic acids is 2. The highest BCUT2D eigenvalue weighted by atomic mass is 16.2. The zero-order chi connectivity index (χ0) is 15.1. The molecular weight excluding hydrogens is 266 g/mol. The second kappa shape index (κ2) is 7.19. The average molecular weight is 283 g/mol. The van der Waals surface area contributed by atoms with Gasteiger partial charge in [-0.15, -0.1) is 0 Å². The van der Waals surface area contributed by atoms with Crippen LogP contribution in [-0.2, 0) is 16.1 Å². The van der Waals surface area contributed by atoms with E-state index >= 15 is 0 Å². The first-order valence-corrected chi connectivity index (χ1v) is 6.64. The molecule has 1 heterocycles. The standard InChI is InChI=1S/C16H17N3O2/c1-19(14-5-3-2-4-6-14)16(21)11-15(20)18-12-13-7-9-17-10-8-13/h2-10H,11-12H2,1H3,(H,18,20). The molecule has 0 bridgehead atoms. The summed E-state index contributed by atoms with van der Waals surface area (Å²) in [6.45, 7) is 0.393. The van der Waals surface area contributed by atoms with Gasteiger partial charge in [-0.3, -0.25) is 14.6 Å². The lowest BCUT2D eigenvalue weighted by Gasteiger charge is -2.17. The minimum atomic E-state index is -0.292. The molecule has 0 aliphatic carbocycles. The Bertz CT molecular complexity index is 599. The predicted molar refractivity (Wildman–Crippen MR) is 80.6 cm³/mol. The number of rotatable bonds is 5. The van der Waals surface area contributed by atoms with Crippen LogP contribution in [0.2, 0.25) is 0 Å². The highest BCUT2D eigenvalue weighted by molar-refractivity contribution is 6.04. The molecule has 21 heavy (non-hydrogen) atoms. The molecule has 2 amide bonds. The summed E-state index contributed by atoms with van der Waals surface area (Å²) in [7, 11) is 1.66. The van der Waals surface area contributed by atoms with Gasteiger partial charge in [-0.05, 0) is 29.8 Å². The maximum Gasteiger partial charge on any atom is 0.236 e. The Morgan fingerprint density at radius 2 is 1.76 bits per heavy atom. The number of anilines is 1. The molecule has 0 spiro atoms. The van der Waals surface area contributed by atoms with Gasteiger partial charge in [0.1, 0.15) is 6.42 Å². The van der Waals surface area contributed by atoms with Crippen molar-refractivity contribution in [3.8, 4) is 0 Å². The summed E-state index contributed by atoms with van der Waals surface area (Å²) in [4.78, 5) is 29.2. The number of benzene rings is 1. The molecule has 5 nitrogen and oxygen atoms in total. The largest absolute Gasteiger partial charge is 0.352 e. The normalized spacial score (nSPS) is 9.95. The molecule has 0 saturated carbocycles. The van der Waals surface area contributed by atoms with Gasteiger partial charge in [-0.2, -0.15) is 0 Å². The molecule has 1 aromatic heterocycles. The lowest BCUT2D eigenvalue weighted by molar-refractivity contribution is -0.127. The summed E-state index contributed by atoms with van der Waals surface area (Å²) in [5.41, 5.74) is 1.71. The summed E-state index contributed by atoms with van der Waals surface area (Å²) in [5, 5.41) is 2.72. The molecule has 2 aromatic rings. The molecular formula is C16H17N3O2. The maximum atomic E-state index is 12.0. The highest BCUT2D eigenvalue weighted by Gasteiger charge is 2.14. The number of nitrogens with zero attached hydrogens (tertiary/aromatic N) is 2. The van der Waals surface area contributed by atoms with Crippen molar-refractivity contribution >= 4 is 17.5 Å². The van der Waals surface area contributed by atoms with Crippen molar-refractivity contribution in [1.82, 2.24) is 10.3 Å². The molecule has 0 atom stereocenters. The Kier molecular flexibility index (Phi) is 5.04. The second-order valence-corrected chi connectivity index (χ2v) is 4.60. The molecule has 0 fully saturated rings. The number of pyridine rings is 1. The van der Waals surface area contributed by atoms with Crippen molar-refractivity contribution in [2.45, 2.75) is 13.0 Å². The Hall–Kier alpha value is -2.69. The molecule has 1 N–H and O–H groups in total. The zero-order valence-corrected chi connectivity index (χ0v) is 11.8. The van der Waals surface area contributed by atoms with E-state index in [4.69, 9.17) is 0 Å². The first-order valence-electron chi connectivity index (χ1n) is 6.64. The van der Waals surface area contributed by atoms with Crippen LogP contribution in [0.15, 0.2) is 54.9 Å². The van der Waals surface area contributed by atoms with Gasteiger partial charge in [0.25, 0.3) is 0 Å². The van der Waals surface area contributed by atoms with Gasteiger partial charge in [0, 0.05) is 31.7 Å². The minimum absolute atomic E-state index is 0.170. The van der Waals surface area contributed by atoms with Crippen molar-refractivity contribution in [2.75, 3.05) is 11.9 Å². The van der Waals surface area contributed by atoms with E-state index < -0.39 is 0 Å². The fourth-order valence-electron chi connectivity index (χ4n) is 1.82. The third kappa shape index (κ3) is 4.42. The van der Waals surface area contributed by atoms with E-state index in [1.54, 1.807) is 19.4 Å². The van der Waals surface area contributed by atoms with E-state index in [1.165, 1.54) is 4.90 Å². The first-order chi connectivity index (χ1) is 10.2. The number of para-hydroxylation sites is 1. The summed E-state index contributed by atoms with van der Waals surface area (Å²) in [5.74, 6) is -0.534. The molecule has 0 unspecified atom stereocenters. The second-order valence-electron chi connectivity index (χ2n) is 4.60. The molecule has 0 radical (unpaired) electrons. The quantitative estimate of drug-likeness (QED) is 0.850. The topological polar surface area (TPSA) is 62.3 Å². The number of hydrogen-bond donors (Lipinski definition) is 1. The van der Waals surface area contributed by atoms with Gasteiger partial charge in [0.2, 0.25) is 11.8 Å². The highest BCUT2D eigenvalue weighted by Crippen LogP contribution is 2.11. The van der Waals surface area contributed by atoms with E-state index in [0.717, 1.165) is 11.3 Å². The molecule has 0 aliphatic rings. The molecule has 0 saturated heterocycles. The number of nitrogens with one attached hydrogen (secondary N) is 1. The average Bonchev–Trinajstić information content (AvgIpc) is 2.54. The van der Waals surface area contributed by atoms with Crippen LogP contribution in [0, 0.1) is 0 Å². The number of carbonyl (C=O) groups is 2. The van der Waals surface area contributed by atoms with Crippen molar-refractivity contribution < 1.29 is 9.59 Å². The van der Waals surface area contributed by atoms with Crippen LogP contribution in [0.1, 0.15) is 12.0 Å². The van der Waals surface area contributed by atoms with Crippen LogP contribution >= 0.6 is 0 Å². The van der Waals surface area contributed by atoms with Gasteiger partial charge in [0.15, 0.2) is 0 Å². The Morgan fingerprint density at radius 1 is 1.10 bits per heavy atom. The minimum Gasteiger partial charge on any atom is -0.352 e. The van der Waals surface area contributed by atoms with Crippen LogP contribution in [0.4, 0.5) is 5.69 Å². The van der Waals surface area contributed by atoms with Crippen molar-refractivity contribution in [1.29, 1.82) is 0 Å². The third-order valence-electron chi connectivity index (χ3n) is 3.07. The third-order valence-corrected chi connectivity index (χ3v) is 3.07. The summed E-state index contributed by atoms with van der Waals surface area (Å²) >= 11 is 0. The number of amides is 2. The molecule has 5 heteroatoms. The summed E-state index contributed by atoms with van der Waals surface area (Å²) < 4.78 is 0. The molecule has 2 rings (SSSR count). The van der Waals surface area contributed by atoms with Crippen LogP contribution in [0.25, 0.3) is 0 Å². The van der Waals surface area contributed by atoms with Gasteiger partial charge < -0.3 is 10.2 Å². The fraction of sp³-hybridized carbons (Fsp3) is 0.188. The van der Waals surface area contributed by atoms with Crippen molar-refractivity contribution in [2.24, 2.45) is 0 Å². The Morgan fingerprint density at radius 3 is 2.43 bits per heavy atom. The van der Waals surface area contributed by atoms with Crippen LogP contribution in [-0.4, -0.2) is 23.8 Å². The van der Waals surface area contributed by atoms with Gasteiger partial charge in [0.05, 0.1) is 0 Å². The van der Waals surface area contributed by atoms with E-state index in [1.807, 2.05) is 42.5 Å². The summed E-state index contributed by atoms with van der Waals surface area (Å²) in [6.07, 6.45) is 3.15. The zero-order valence-electron chi connectivity index (χ0n) is 11.8. The van der Waals surface area contributed by atoms with Crippen LogP contribution < -0.4 is 10.2 Å². The summed E-state index contributed by atoms with van der Waals surface area (Å²) in [6, 6.07) is 12.9. The molecule has 108 valence electrons. The van der Waals surface area contributed by atoms with Gasteiger partial charge >= 0.3 is 0 Å². The van der Waals surface area contributed by atoms with Crippen molar-refractivity contribution in [3.63, 3.8) is 0 Å². The Balaban J connectivity index is 1.83. The van der Waals surface area contributed by atoms with E-state index in [9.17, 15) is 9.59 Å². The number of aromatic nitrogens is 1. The maximum absolute atomic E-state index is 12.0. The molecule has 1 aromatic carbocycles. The Labute approximate surface area is 123 Å². The SMILES string of the molecule is CN(C(=O)CC(=O)NCc1ccncc1)c1ccccc1. The van der Waals surface area contributed by atoms with Gasteiger partial charge in [-0.1, -0.05) is 18.2 Å². The lowest BCUT2D eigenvalue weighted by Crippen LogP contribution is -2.33. The molecule has 0 aliphatic heterocycles. The van der Waals surface area contributed by atoms with Crippen LogP contribution in [0.5, 0.6) is 0 Å². The van der Waals surface area contributed by atoms with E-state index in [2.05, 4.69) is 10.3 Å². The number of hydrogen-bond acceptors (Lipinski definition) is 3. The smallest absolute Gasteiger partial charge is 0.236 e. The van der Waals surface area contributed by atoms with Crippen LogP contribution in [0.3, 0.4) is 0 Å².